The molecule has 0 aliphatic rings. The molecule has 1 atom stereocenters. The fraction of sp³-hybridized carbons (Fsp3) is 0.429. The van der Waals surface area contributed by atoms with Crippen LogP contribution in [-0.2, 0) is 13.5 Å². The van der Waals surface area contributed by atoms with Crippen LogP contribution in [0.5, 0.6) is 5.75 Å². The predicted molar refractivity (Wildman–Crippen MR) is 74.1 cm³/mol. The van der Waals surface area contributed by atoms with E-state index >= 15 is 0 Å². The summed E-state index contributed by atoms with van der Waals surface area (Å²) in [5, 5.41) is 11.5. The Hall–Kier alpha value is -1.88. The van der Waals surface area contributed by atoms with Crippen LogP contribution in [0.2, 0.25) is 0 Å². The number of ether oxygens (including phenoxy) is 1. The summed E-state index contributed by atoms with van der Waals surface area (Å²) < 4.78 is 7.50. The summed E-state index contributed by atoms with van der Waals surface area (Å²) in [7, 11) is 1.87. The Bertz CT molecular complexity index is 483. The fourth-order valence-corrected chi connectivity index (χ4v) is 1.93. The van der Waals surface area contributed by atoms with Gasteiger partial charge < -0.3 is 10.1 Å². The zero-order valence-corrected chi connectivity index (χ0v) is 11.4. The minimum absolute atomic E-state index is 0.238. The molecular weight excluding hydrogens is 240 g/mol. The van der Waals surface area contributed by atoms with E-state index in [0.717, 1.165) is 24.4 Å². The molecule has 1 aromatic carbocycles. The molecule has 1 unspecified atom stereocenters. The molecule has 0 aliphatic carbocycles. The van der Waals surface area contributed by atoms with E-state index in [1.54, 1.807) is 4.68 Å². The lowest BCUT2D eigenvalue weighted by molar-refractivity contribution is 0.264. The lowest BCUT2D eigenvalue weighted by atomic mass is 10.2. The molecule has 0 saturated heterocycles. The summed E-state index contributed by atoms with van der Waals surface area (Å²) in [5.41, 5.74) is 0.977. The van der Waals surface area contributed by atoms with Gasteiger partial charge in [-0.3, -0.25) is 4.68 Å². The summed E-state index contributed by atoms with van der Waals surface area (Å²) in [4.78, 5) is 0. The number of aryl methyl sites for hydroxylation is 1. The van der Waals surface area contributed by atoms with Crippen molar-refractivity contribution in [2.45, 2.75) is 19.4 Å². The van der Waals surface area contributed by atoms with Crippen LogP contribution in [0.25, 0.3) is 0 Å². The Labute approximate surface area is 113 Å². The minimum Gasteiger partial charge on any atom is -0.492 e. The van der Waals surface area contributed by atoms with Crippen molar-refractivity contribution in [3.8, 4) is 5.75 Å². The van der Waals surface area contributed by atoms with Crippen molar-refractivity contribution in [1.29, 1.82) is 0 Å². The van der Waals surface area contributed by atoms with Crippen molar-refractivity contribution < 1.29 is 4.74 Å². The summed E-state index contributed by atoms with van der Waals surface area (Å²) in [6.07, 6.45) is 2.75. The van der Waals surface area contributed by atoms with Crippen molar-refractivity contribution >= 4 is 0 Å². The van der Waals surface area contributed by atoms with Crippen LogP contribution in [0.1, 0.15) is 12.6 Å². The van der Waals surface area contributed by atoms with Crippen LogP contribution in [0.4, 0.5) is 0 Å². The molecule has 0 spiro atoms. The predicted octanol–water partition coefficient (Wildman–Crippen LogP) is 1.41. The minimum atomic E-state index is 0.238. The number of aromatic nitrogens is 3. The second-order valence-electron chi connectivity index (χ2n) is 4.47. The van der Waals surface area contributed by atoms with E-state index < -0.39 is 0 Å². The number of rotatable bonds is 7. The molecule has 0 saturated carbocycles. The van der Waals surface area contributed by atoms with Crippen molar-refractivity contribution in [3.05, 3.63) is 42.2 Å². The average Bonchev–Trinajstić information content (AvgIpc) is 2.83. The Kier molecular flexibility index (Phi) is 4.92. The summed E-state index contributed by atoms with van der Waals surface area (Å²) in [5.74, 6) is 0.893. The van der Waals surface area contributed by atoms with Gasteiger partial charge in [-0.15, -0.1) is 5.10 Å². The van der Waals surface area contributed by atoms with Crippen molar-refractivity contribution in [2.24, 2.45) is 7.05 Å². The average molecular weight is 260 g/mol. The van der Waals surface area contributed by atoms with Crippen LogP contribution in [0.3, 0.4) is 0 Å². The third kappa shape index (κ3) is 4.37. The van der Waals surface area contributed by atoms with E-state index in [4.69, 9.17) is 4.74 Å². The van der Waals surface area contributed by atoms with Gasteiger partial charge in [-0.05, 0) is 18.7 Å². The third-order valence-corrected chi connectivity index (χ3v) is 2.79. The zero-order chi connectivity index (χ0) is 13.5. The molecule has 1 aromatic heterocycles. The first kappa shape index (κ1) is 13.5. The molecular formula is C14H20N4O. The second kappa shape index (κ2) is 6.89. The largest absolute Gasteiger partial charge is 0.492 e. The Morgan fingerprint density at radius 1 is 1.32 bits per heavy atom. The summed E-state index contributed by atoms with van der Waals surface area (Å²) in [6, 6.07) is 10.1. The highest BCUT2D eigenvalue weighted by Crippen LogP contribution is 2.09. The van der Waals surface area contributed by atoms with Gasteiger partial charge in [0.05, 0.1) is 5.69 Å². The molecule has 2 rings (SSSR count). The maximum absolute atomic E-state index is 5.78. The molecule has 2 aromatic rings. The van der Waals surface area contributed by atoms with Crippen molar-refractivity contribution in [1.82, 2.24) is 20.3 Å². The van der Waals surface area contributed by atoms with Crippen LogP contribution < -0.4 is 10.1 Å². The van der Waals surface area contributed by atoms with E-state index in [2.05, 4.69) is 22.6 Å². The van der Waals surface area contributed by atoms with Crippen LogP contribution in [0, 0.1) is 0 Å². The van der Waals surface area contributed by atoms with Gasteiger partial charge in [0.1, 0.15) is 12.4 Å². The van der Waals surface area contributed by atoms with Gasteiger partial charge in [0, 0.05) is 25.7 Å². The SMILES string of the molecule is CCNC(COc1ccccc1)Cc1cn(C)nn1. The number of para-hydroxylation sites is 1. The maximum atomic E-state index is 5.78. The Balaban J connectivity index is 1.89. The first-order valence-corrected chi connectivity index (χ1v) is 6.54. The van der Waals surface area contributed by atoms with Crippen LogP contribution in [0.15, 0.2) is 36.5 Å². The van der Waals surface area contributed by atoms with Gasteiger partial charge in [-0.1, -0.05) is 30.3 Å². The van der Waals surface area contributed by atoms with Crippen molar-refractivity contribution in [2.75, 3.05) is 13.2 Å². The molecule has 19 heavy (non-hydrogen) atoms. The quantitative estimate of drug-likeness (QED) is 0.818. The molecule has 0 bridgehead atoms. The molecule has 1 N–H and O–H groups in total. The van der Waals surface area contributed by atoms with E-state index in [1.807, 2.05) is 43.6 Å². The fourth-order valence-electron chi connectivity index (χ4n) is 1.93. The number of nitrogens with zero attached hydrogens (tertiary/aromatic N) is 3. The van der Waals surface area contributed by atoms with Gasteiger partial charge in [0.2, 0.25) is 0 Å². The van der Waals surface area contributed by atoms with Gasteiger partial charge in [-0.25, -0.2) is 0 Å². The number of hydrogen-bond donors (Lipinski definition) is 1. The monoisotopic (exact) mass is 260 g/mol. The smallest absolute Gasteiger partial charge is 0.119 e. The topological polar surface area (TPSA) is 52.0 Å². The first-order valence-electron chi connectivity index (χ1n) is 6.54. The first-order chi connectivity index (χ1) is 9.28. The zero-order valence-electron chi connectivity index (χ0n) is 11.4. The normalized spacial score (nSPS) is 12.3. The van der Waals surface area contributed by atoms with Crippen LogP contribution in [-0.4, -0.2) is 34.2 Å². The van der Waals surface area contributed by atoms with E-state index in [-0.39, 0.29) is 6.04 Å². The Morgan fingerprint density at radius 3 is 2.74 bits per heavy atom. The third-order valence-electron chi connectivity index (χ3n) is 2.79. The van der Waals surface area contributed by atoms with Crippen LogP contribution >= 0.6 is 0 Å². The lowest BCUT2D eigenvalue weighted by Crippen LogP contribution is -2.36. The molecule has 5 heteroatoms. The number of likely N-dealkylation sites (N-methyl/N-ethyl adjacent to an activating group) is 1. The maximum Gasteiger partial charge on any atom is 0.119 e. The number of nitrogens with one attached hydrogen (secondary N) is 1. The molecule has 5 nitrogen and oxygen atoms in total. The number of benzene rings is 1. The highest BCUT2D eigenvalue weighted by Gasteiger charge is 2.11. The summed E-state index contributed by atoms with van der Waals surface area (Å²) in [6.45, 7) is 3.61. The second-order valence-corrected chi connectivity index (χ2v) is 4.47. The standard InChI is InChI=1S/C14H20N4O/c1-3-15-13(9-12-10-18(2)17-16-12)11-19-14-7-5-4-6-8-14/h4-8,10,13,15H,3,9,11H2,1-2H3. The van der Waals surface area contributed by atoms with E-state index in [0.29, 0.717) is 6.61 Å². The molecule has 102 valence electrons. The lowest BCUT2D eigenvalue weighted by Gasteiger charge is -2.17. The van der Waals surface area contributed by atoms with Gasteiger partial charge >= 0.3 is 0 Å². The summed E-state index contributed by atoms with van der Waals surface area (Å²) >= 11 is 0. The van der Waals surface area contributed by atoms with Gasteiger partial charge in [0.15, 0.2) is 0 Å². The molecule has 1 heterocycles. The van der Waals surface area contributed by atoms with E-state index in [1.165, 1.54) is 0 Å². The Morgan fingerprint density at radius 2 is 2.11 bits per heavy atom. The molecule has 0 aliphatic heterocycles. The molecule has 0 fully saturated rings. The number of hydrogen-bond acceptors (Lipinski definition) is 4. The molecule has 0 amide bonds. The van der Waals surface area contributed by atoms with E-state index in [9.17, 15) is 0 Å². The van der Waals surface area contributed by atoms with Gasteiger partial charge in [-0.2, -0.15) is 0 Å². The highest BCUT2D eigenvalue weighted by atomic mass is 16.5. The molecule has 0 radical (unpaired) electrons. The highest BCUT2D eigenvalue weighted by molar-refractivity contribution is 5.21. The van der Waals surface area contributed by atoms with Crippen molar-refractivity contribution in [3.63, 3.8) is 0 Å². The van der Waals surface area contributed by atoms with Gasteiger partial charge in [0.25, 0.3) is 0 Å².